The summed E-state index contributed by atoms with van der Waals surface area (Å²) in [5.41, 5.74) is -1.58. The molecule has 32 heavy (non-hydrogen) atoms. The maximum atomic E-state index is 13.5. The number of hydrogen-bond donors (Lipinski definition) is 1. The third-order valence-electron chi connectivity index (χ3n) is 5.07. The van der Waals surface area contributed by atoms with E-state index >= 15 is 0 Å². The molecular formula is C25H21FN2O4. The summed E-state index contributed by atoms with van der Waals surface area (Å²) in [5.74, 6) is -2.46. The highest BCUT2D eigenvalue weighted by molar-refractivity contribution is 6.39. The fourth-order valence-electron chi connectivity index (χ4n) is 3.68. The molecule has 0 aliphatic heterocycles. The quantitative estimate of drug-likeness (QED) is 0.541. The smallest absolute Gasteiger partial charge is 0.334 e. The highest BCUT2D eigenvalue weighted by Gasteiger charge is 2.62. The number of carbonyl (C=O) groups is 2. The number of nitrogens with one attached hydrogen (secondary N) is 1. The van der Waals surface area contributed by atoms with Crippen LogP contribution in [0.25, 0.3) is 11.6 Å². The number of nitrogens with zero attached hydrogens (tertiary/aromatic N) is 1. The van der Waals surface area contributed by atoms with E-state index in [1.54, 1.807) is 44.2 Å². The lowest BCUT2D eigenvalue weighted by atomic mass is 9.76. The van der Waals surface area contributed by atoms with Crippen LogP contribution in [0, 0.1) is 28.0 Å². The molecule has 1 aliphatic carbocycles. The van der Waals surface area contributed by atoms with Crippen LogP contribution in [-0.4, -0.2) is 30.9 Å². The number of esters is 2. The molecule has 0 bridgehead atoms. The van der Waals surface area contributed by atoms with E-state index in [1.807, 2.05) is 6.07 Å². The molecule has 0 fully saturated rings. The van der Waals surface area contributed by atoms with Gasteiger partial charge in [-0.1, -0.05) is 42.5 Å². The van der Waals surface area contributed by atoms with Crippen molar-refractivity contribution in [2.75, 3.05) is 13.2 Å². The molecule has 0 saturated heterocycles. The molecule has 6 nitrogen and oxygen atoms in total. The molecule has 0 amide bonds. The molecule has 0 atom stereocenters. The first-order valence-corrected chi connectivity index (χ1v) is 10.0. The van der Waals surface area contributed by atoms with Crippen molar-refractivity contribution in [3.8, 4) is 6.07 Å². The van der Waals surface area contributed by atoms with Gasteiger partial charge in [-0.2, -0.15) is 5.26 Å². The van der Waals surface area contributed by atoms with Crippen molar-refractivity contribution in [1.29, 1.82) is 10.7 Å². The third-order valence-corrected chi connectivity index (χ3v) is 5.07. The van der Waals surface area contributed by atoms with Crippen molar-refractivity contribution in [3.05, 3.63) is 82.7 Å². The number of halogens is 1. The van der Waals surface area contributed by atoms with Gasteiger partial charge in [0.25, 0.3) is 0 Å². The Morgan fingerprint density at radius 3 is 2.09 bits per heavy atom. The van der Waals surface area contributed by atoms with E-state index in [-0.39, 0.29) is 29.9 Å². The second-order valence-corrected chi connectivity index (χ2v) is 6.90. The first-order valence-electron chi connectivity index (χ1n) is 10.0. The van der Waals surface area contributed by atoms with E-state index in [4.69, 9.17) is 14.9 Å². The molecule has 0 saturated carbocycles. The SMILES string of the molecule is CCOC(=O)C1(C(=O)OCC)C(=N)C(C#N)=C(c2ccccc2)/C1=C\c1ccc(F)cc1. The number of benzene rings is 2. The van der Waals surface area contributed by atoms with Crippen LogP contribution in [0.3, 0.4) is 0 Å². The molecule has 1 aliphatic rings. The maximum absolute atomic E-state index is 13.5. The maximum Gasteiger partial charge on any atom is 0.334 e. The minimum atomic E-state index is -2.28. The van der Waals surface area contributed by atoms with Crippen LogP contribution in [-0.2, 0) is 19.1 Å². The molecule has 1 N–H and O–H groups in total. The van der Waals surface area contributed by atoms with Crippen molar-refractivity contribution >= 4 is 29.3 Å². The Morgan fingerprint density at radius 1 is 1.03 bits per heavy atom. The molecule has 7 heteroatoms. The Balaban J connectivity index is 2.41. The summed E-state index contributed by atoms with van der Waals surface area (Å²) in [6, 6.07) is 16.1. The third kappa shape index (κ3) is 3.71. The Labute approximate surface area is 185 Å². The molecule has 162 valence electrons. The molecule has 2 aromatic carbocycles. The van der Waals surface area contributed by atoms with Gasteiger partial charge in [0.1, 0.15) is 11.9 Å². The van der Waals surface area contributed by atoms with Gasteiger partial charge in [-0.15, -0.1) is 0 Å². The van der Waals surface area contributed by atoms with Crippen LogP contribution in [0.2, 0.25) is 0 Å². The predicted molar refractivity (Wildman–Crippen MR) is 117 cm³/mol. The first kappa shape index (κ1) is 22.6. The molecule has 3 rings (SSSR count). The van der Waals surface area contributed by atoms with Gasteiger partial charge in [0, 0.05) is 5.57 Å². The van der Waals surface area contributed by atoms with E-state index in [0.29, 0.717) is 11.1 Å². The Bertz CT molecular complexity index is 1140. The minimum Gasteiger partial charge on any atom is -0.465 e. The molecular weight excluding hydrogens is 411 g/mol. The molecule has 2 aromatic rings. The van der Waals surface area contributed by atoms with Crippen LogP contribution in [0.5, 0.6) is 0 Å². The van der Waals surface area contributed by atoms with Crippen molar-refractivity contribution in [1.82, 2.24) is 0 Å². The molecule has 0 unspecified atom stereocenters. The lowest BCUT2D eigenvalue weighted by molar-refractivity contribution is -0.163. The Kier molecular flexibility index (Phi) is 6.64. The zero-order chi connectivity index (χ0) is 23.3. The van der Waals surface area contributed by atoms with Gasteiger partial charge >= 0.3 is 11.9 Å². The van der Waals surface area contributed by atoms with E-state index in [2.05, 4.69) is 0 Å². The Hall–Kier alpha value is -4.05. The van der Waals surface area contributed by atoms with Crippen LogP contribution in [0.15, 0.2) is 65.7 Å². The van der Waals surface area contributed by atoms with Crippen LogP contribution < -0.4 is 0 Å². The fraction of sp³-hybridized carbons (Fsp3) is 0.200. The summed E-state index contributed by atoms with van der Waals surface area (Å²) < 4.78 is 23.9. The molecule has 0 spiro atoms. The zero-order valence-electron chi connectivity index (χ0n) is 17.6. The normalized spacial score (nSPS) is 16.1. The number of hydrogen-bond acceptors (Lipinski definition) is 6. The second-order valence-electron chi connectivity index (χ2n) is 6.90. The number of carbonyl (C=O) groups excluding carboxylic acids is 2. The lowest BCUT2D eigenvalue weighted by Crippen LogP contribution is -2.47. The van der Waals surface area contributed by atoms with E-state index < -0.39 is 28.9 Å². The lowest BCUT2D eigenvalue weighted by Gasteiger charge is -2.27. The van der Waals surface area contributed by atoms with Crippen molar-refractivity contribution in [2.24, 2.45) is 5.41 Å². The summed E-state index contributed by atoms with van der Waals surface area (Å²) in [6.45, 7) is 3.07. The van der Waals surface area contributed by atoms with E-state index in [0.717, 1.165) is 0 Å². The highest BCUT2D eigenvalue weighted by atomic mass is 19.1. The first-order chi connectivity index (χ1) is 15.4. The van der Waals surface area contributed by atoms with Gasteiger partial charge in [-0.3, -0.25) is 9.59 Å². The summed E-state index contributed by atoms with van der Waals surface area (Å²) in [6.07, 6.45) is 1.49. The zero-order valence-corrected chi connectivity index (χ0v) is 17.6. The summed E-state index contributed by atoms with van der Waals surface area (Å²) in [4.78, 5) is 26.6. The molecule has 0 heterocycles. The summed E-state index contributed by atoms with van der Waals surface area (Å²) in [7, 11) is 0. The standard InChI is InChI=1S/C25H21FN2O4/c1-3-31-23(29)25(24(30)32-4-2)20(14-16-10-12-18(26)13-11-16)21(19(15-27)22(25)28)17-8-6-5-7-9-17/h5-14,28H,3-4H2,1-2H3/b20-14+,28-22?. The monoisotopic (exact) mass is 432 g/mol. The number of allylic oxidation sites excluding steroid dienone is 2. The average Bonchev–Trinajstić information content (AvgIpc) is 3.04. The average molecular weight is 432 g/mol. The van der Waals surface area contributed by atoms with Gasteiger partial charge in [0.05, 0.1) is 24.5 Å². The Morgan fingerprint density at radius 2 is 1.59 bits per heavy atom. The molecule has 0 aromatic heterocycles. The van der Waals surface area contributed by atoms with Gasteiger partial charge < -0.3 is 14.9 Å². The van der Waals surface area contributed by atoms with Gasteiger partial charge in [0.2, 0.25) is 5.41 Å². The van der Waals surface area contributed by atoms with Gasteiger partial charge in [-0.25, -0.2) is 4.39 Å². The number of nitriles is 1. The van der Waals surface area contributed by atoms with E-state index in [9.17, 15) is 19.2 Å². The molecule has 0 radical (unpaired) electrons. The second kappa shape index (κ2) is 9.40. The topological polar surface area (TPSA) is 100 Å². The summed E-state index contributed by atoms with van der Waals surface area (Å²) >= 11 is 0. The predicted octanol–water partition coefficient (Wildman–Crippen LogP) is 4.33. The van der Waals surface area contributed by atoms with E-state index in [1.165, 1.54) is 30.3 Å². The van der Waals surface area contributed by atoms with Crippen molar-refractivity contribution < 1.29 is 23.5 Å². The summed E-state index contributed by atoms with van der Waals surface area (Å²) in [5, 5.41) is 18.7. The largest absolute Gasteiger partial charge is 0.465 e. The highest BCUT2D eigenvalue weighted by Crippen LogP contribution is 2.50. The van der Waals surface area contributed by atoms with Gasteiger partial charge in [0.15, 0.2) is 0 Å². The van der Waals surface area contributed by atoms with Crippen molar-refractivity contribution in [3.63, 3.8) is 0 Å². The van der Waals surface area contributed by atoms with Crippen molar-refractivity contribution in [2.45, 2.75) is 13.8 Å². The number of ether oxygens (including phenoxy) is 2. The van der Waals surface area contributed by atoms with Gasteiger partial charge in [-0.05, 0) is 48.8 Å². The number of rotatable bonds is 6. The fourth-order valence-corrected chi connectivity index (χ4v) is 3.68. The van der Waals surface area contributed by atoms with Crippen LogP contribution >= 0.6 is 0 Å². The van der Waals surface area contributed by atoms with Crippen LogP contribution in [0.4, 0.5) is 4.39 Å². The minimum absolute atomic E-state index is 0.0420. The van der Waals surface area contributed by atoms with Crippen LogP contribution in [0.1, 0.15) is 25.0 Å².